The van der Waals surface area contributed by atoms with Gasteiger partial charge in [-0.15, -0.1) is 0 Å². The van der Waals surface area contributed by atoms with Crippen LogP contribution in [0.5, 0.6) is 5.75 Å². The van der Waals surface area contributed by atoms with Gasteiger partial charge in [0.15, 0.2) is 0 Å². The Labute approximate surface area is 204 Å². The zero-order chi connectivity index (χ0) is 22.4. The van der Waals surface area contributed by atoms with Crippen molar-refractivity contribution in [3.8, 4) is 5.75 Å². The number of esters is 1. The van der Waals surface area contributed by atoms with Gasteiger partial charge in [-0.2, -0.15) is 17.2 Å². The number of fused-ring (bicyclic) bond motifs is 1. The van der Waals surface area contributed by atoms with Crippen molar-refractivity contribution in [3.05, 3.63) is 24.8 Å². The van der Waals surface area contributed by atoms with Crippen molar-refractivity contribution in [1.29, 1.82) is 0 Å². The summed E-state index contributed by atoms with van der Waals surface area (Å²) < 4.78 is 78.4. The molecule has 0 aromatic heterocycles. The van der Waals surface area contributed by atoms with Crippen LogP contribution in [-0.4, -0.2) is 35.6 Å². The molecule has 1 aliphatic heterocycles. The largest absolute Gasteiger partial charge is 0.465 e. The summed E-state index contributed by atoms with van der Waals surface area (Å²) in [6, 6.07) is 3.88. The van der Waals surface area contributed by atoms with Crippen LogP contribution in [0.25, 0.3) is 0 Å². The zero-order valence-electron chi connectivity index (χ0n) is 15.9. The Morgan fingerprint density at radius 1 is 1.19 bits per heavy atom. The second-order valence-corrected chi connectivity index (χ2v) is 12.6. The van der Waals surface area contributed by atoms with E-state index in [0.29, 0.717) is 13.0 Å². The highest BCUT2D eigenvalue weighted by atomic mass is 127. The molecule has 0 radical (unpaired) electrons. The van der Waals surface area contributed by atoms with E-state index in [0.717, 1.165) is 31.3 Å². The van der Waals surface area contributed by atoms with Crippen LogP contribution in [0, 0.1) is 24.9 Å². The van der Waals surface area contributed by atoms with Crippen LogP contribution in [0.3, 0.4) is 0 Å². The van der Waals surface area contributed by atoms with E-state index in [1.165, 1.54) is 0 Å². The molecule has 0 amide bonds. The van der Waals surface area contributed by atoms with E-state index >= 15 is 0 Å². The molecular formula is C19H18F2I2O7S. The molecule has 1 heterocycles. The van der Waals surface area contributed by atoms with Crippen molar-refractivity contribution in [2.75, 3.05) is 0 Å². The van der Waals surface area contributed by atoms with Crippen LogP contribution >= 0.6 is 45.2 Å². The molecule has 4 saturated carbocycles. The van der Waals surface area contributed by atoms with Crippen molar-refractivity contribution < 1.29 is 40.8 Å². The minimum absolute atomic E-state index is 0.140. The molecule has 7 nitrogen and oxygen atoms in total. The lowest BCUT2D eigenvalue weighted by molar-refractivity contribution is -0.337. The molecule has 4 bridgehead atoms. The Bertz CT molecular complexity index is 1060. The van der Waals surface area contributed by atoms with Crippen molar-refractivity contribution in [3.63, 3.8) is 0 Å². The van der Waals surface area contributed by atoms with Crippen LogP contribution in [0.4, 0.5) is 8.78 Å². The van der Waals surface area contributed by atoms with Crippen LogP contribution in [0.1, 0.15) is 37.7 Å². The lowest BCUT2D eigenvalue weighted by Crippen LogP contribution is -2.68. The maximum atomic E-state index is 13.8. The van der Waals surface area contributed by atoms with E-state index in [1.54, 1.807) is 0 Å². The fraction of sp³-hybridized carbons (Fsp3) is 0.632. The molecule has 4 fully saturated rings. The number of halogens is 4. The number of hydrogen-bond donors (Lipinski definition) is 1. The maximum absolute atomic E-state index is 13.8. The number of hydrogen-bond acceptors (Lipinski definition) is 6. The first-order valence-electron chi connectivity index (χ1n) is 9.75. The molecule has 1 aromatic rings. The lowest BCUT2D eigenvalue weighted by Gasteiger charge is -2.63. The smallest absolute Gasteiger partial charge is 0.461 e. The quantitative estimate of drug-likeness (QED) is 0.292. The molecule has 2 atom stereocenters. The molecule has 1 aromatic carbocycles. The third-order valence-corrected chi connectivity index (χ3v) is 11.0. The Morgan fingerprint density at radius 2 is 1.84 bits per heavy atom. The Hall–Kier alpha value is -0.320. The van der Waals surface area contributed by atoms with Gasteiger partial charge in [-0.3, -0.25) is 4.55 Å². The Balaban J connectivity index is 1.43. The summed E-state index contributed by atoms with van der Waals surface area (Å²) in [7, 11) is -5.91. The number of rotatable bonds is 3. The molecule has 4 aliphatic carbocycles. The number of carbonyl (C=O) groups excluding carboxylic acids is 1. The minimum Gasteiger partial charge on any atom is -0.461 e. The first-order valence-corrected chi connectivity index (χ1v) is 13.3. The highest BCUT2D eigenvalue weighted by Crippen LogP contribution is 2.64. The van der Waals surface area contributed by atoms with E-state index in [4.69, 9.17) is 18.8 Å². The summed E-state index contributed by atoms with van der Waals surface area (Å²) >= 11 is 4.50. The van der Waals surface area contributed by atoms with Crippen LogP contribution in [0.15, 0.2) is 12.1 Å². The number of alkyl halides is 2. The van der Waals surface area contributed by atoms with Crippen LogP contribution < -0.4 is 4.74 Å². The van der Waals surface area contributed by atoms with Gasteiger partial charge in [-0.05, 0) is 95.3 Å². The van der Waals surface area contributed by atoms with Gasteiger partial charge in [0.2, 0.25) is 5.79 Å². The predicted molar refractivity (Wildman–Crippen MR) is 119 cm³/mol. The van der Waals surface area contributed by atoms with Crippen molar-refractivity contribution in [2.45, 2.75) is 55.4 Å². The van der Waals surface area contributed by atoms with Gasteiger partial charge in [0.1, 0.15) is 11.4 Å². The Morgan fingerprint density at radius 3 is 2.45 bits per heavy atom. The highest BCUT2D eigenvalue weighted by Gasteiger charge is 2.68. The van der Waals surface area contributed by atoms with Crippen molar-refractivity contribution in [1.82, 2.24) is 0 Å². The number of carbonyl (C=O) groups is 1. The number of ether oxygens (including phenoxy) is 3. The first-order chi connectivity index (χ1) is 14.4. The van der Waals surface area contributed by atoms with Gasteiger partial charge >= 0.3 is 21.3 Å². The summed E-state index contributed by atoms with van der Waals surface area (Å²) in [5.74, 6) is -2.63. The van der Waals surface area contributed by atoms with E-state index in [9.17, 15) is 22.0 Å². The topological polar surface area (TPSA) is 99.1 Å². The molecule has 31 heavy (non-hydrogen) atoms. The molecule has 12 heteroatoms. The first kappa shape index (κ1) is 22.5. The fourth-order valence-corrected chi connectivity index (χ4v) is 7.29. The van der Waals surface area contributed by atoms with E-state index in [1.807, 2.05) is 12.1 Å². The van der Waals surface area contributed by atoms with Crippen LogP contribution in [-0.2, 0) is 31.0 Å². The molecule has 0 saturated heterocycles. The van der Waals surface area contributed by atoms with Gasteiger partial charge in [0.05, 0.1) is 6.61 Å². The lowest BCUT2D eigenvalue weighted by atomic mass is 9.51. The van der Waals surface area contributed by atoms with Gasteiger partial charge in [0, 0.05) is 24.5 Å². The molecule has 170 valence electrons. The summed E-state index contributed by atoms with van der Waals surface area (Å²) in [6.07, 6.45) is 2.37. The van der Waals surface area contributed by atoms with E-state index < -0.39 is 32.7 Å². The molecule has 6 rings (SSSR count). The minimum atomic E-state index is -5.91. The molecule has 1 N–H and O–H groups in total. The molecule has 2 unspecified atom stereocenters. The van der Waals surface area contributed by atoms with Gasteiger partial charge in [0.25, 0.3) is 0 Å². The average molecular weight is 682 g/mol. The normalized spacial score (nSPS) is 36.2. The maximum Gasteiger partial charge on any atom is 0.465 e. The summed E-state index contributed by atoms with van der Waals surface area (Å²) in [6.45, 7) is 0.371. The highest BCUT2D eigenvalue weighted by molar-refractivity contribution is 14.1. The van der Waals surface area contributed by atoms with Gasteiger partial charge in [-0.1, -0.05) is 0 Å². The molecule has 5 aliphatic rings. The van der Waals surface area contributed by atoms with Crippen molar-refractivity contribution >= 4 is 61.3 Å². The summed E-state index contributed by atoms with van der Waals surface area (Å²) in [4.78, 5) is 12.0. The van der Waals surface area contributed by atoms with Gasteiger partial charge in [-0.25, -0.2) is 4.79 Å². The SMILES string of the molecule is O=C(OC12CC3CC(C1)C1(OCc4c(ccc(I)c4I)O1)C(C3)C2)C(F)(F)S(=O)(=O)O. The third-order valence-electron chi connectivity index (χ3n) is 7.01. The fourth-order valence-electron chi connectivity index (χ4n) is 5.93. The monoisotopic (exact) mass is 682 g/mol. The second-order valence-electron chi connectivity index (χ2n) is 8.86. The average Bonchev–Trinajstić information content (AvgIpc) is 2.67. The third kappa shape index (κ3) is 3.33. The number of benzene rings is 1. The van der Waals surface area contributed by atoms with Crippen LogP contribution in [0.2, 0.25) is 0 Å². The zero-order valence-corrected chi connectivity index (χ0v) is 21.1. The summed E-state index contributed by atoms with van der Waals surface area (Å²) in [5, 5.41) is -5.00. The predicted octanol–water partition coefficient (Wildman–Crippen LogP) is 4.10. The Kier molecular flexibility index (Phi) is 5.14. The van der Waals surface area contributed by atoms with E-state index in [-0.39, 0.29) is 30.6 Å². The van der Waals surface area contributed by atoms with Gasteiger partial charge < -0.3 is 14.2 Å². The van der Waals surface area contributed by atoms with E-state index in [2.05, 4.69) is 45.2 Å². The second kappa shape index (κ2) is 7.09. The molecular weight excluding hydrogens is 664 g/mol. The van der Waals surface area contributed by atoms with Crippen molar-refractivity contribution in [2.24, 2.45) is 17.8 Å². The summed E-state index contributed by atoms with van der Waals surface area (Å²) in [5.41, 5.74) is -0.235. The standard InChI is InChI=1S/C19H18F2I2O7S/c20-19(21,31(25,26)27)16(24)30-17-5-9-3-10(6-17)18(11(4-9)7-17)28-8-12-14(29-18)2-1-13(22)15(12)23/h1-2,9-11H,3-8H2,(H,25,26,27). The molecule has 1 spiro atoms.